The first-order chi connectivity index (χ1) is 8.10. The number of nitrogens with zero attached hydrogens (tertiary/aromatic N) is 4. The zero-order chi connectivity index (χ0) is 12.8. The van der Waals surface area contributed by atoms with Crippen LogP contribution in [-0.4, -0.2) is 23.6 Å². The predicted octanol–water partition coefficient (Wildman–Crippen LogP) is 0.920. The molecule has 0 amide bonds. The number of nitriles is 1. The van der Waals surface area contributed by atoms with Gasteiger partial charge in [0.1, 0.15) is 17.5 Å². The summed E-state index contributed by atoms with van der Waals surface area (Å²) in [5.41, 5.74) is 2.52. The summed E-state index contributed by atoms with van der Waals surface area (Å²) < 4.78 is 0. The maximum Gasteiger partial charge on any atom is 0.145 e. The monoisotopic (exact) mass is 234 g/mol. The second-order valence-corrected chi connectivity index (χ2v) is 3.94. The number of anilines is 2. The van der Waals surface area contributed by atoms with Gasteiger partial charge in [-0.05, 0) is 6.92 Å². The third kappa shape index (κ3) is 3.57. The molecule has 6 heteroatoms. The van der Waals surface area contributed by atoms with Gasteiger partial charge in [0.05, 0.1) is 12.0 Å². The molecule has 0 aliphatic rings. The van der Waals surface area contributed by atoms with Crippen LogP contribution in [0.1, 0.15) is 19.7 Å². The van der Waals surface area contributed by atoms with Gasteiger partial charge in [-0.3, -0.25) is 0 Å². The van der Waals surface area contributed by atoms with Crippen LogP contribution in [0.5, 0.6) is 0 Å². The summed E-state index contributed by atoms with van der Waals surface area (Å²) in [6.07, 6.45) is 0.740. The van der Waals surface area contributed by atoms with Gasteiger partial charge in [-0.25, -0.2) is 15.8 Å². The van der Waals surface area contributed by atoms with Crippen LogP contribution in [0.4, 0.5) is 11.6 Å². The maximum atomic E-state index is 8.79. The molecule has 0 spiro atoms. The molecule has 0 bridgehead atoms. The summed E-state index contributed by atoms with van der Waals surface area (Å²) in [5, 5.41) is 8.79. The van der Waals surface area contributed by atoms with Crippen LogP contribution in [0, 0.1) is 17.2 Å². The van der Waals surface area contributed by atoms with E-state index in [0.29, 0.717) is 12.4 Å². The van der Waals surface area contributed by atoms with E-state index in [4.69, 9.17) is 11.1 Å². The molecule has 6 nitrogen and oxygen atoms in total. The van der Waals surface area contributed by atoms with Gasteiger partial charge in [0, 0.05) is 26.1 Å². The Morgan fingerprint density at radius 1 is 1.59 bits per heavy atom. The molecule has 0 aliphatic heterocycles. The van der Waals surface area contributed by atoms with Crippen molar-refractivity contribution in [1.82, 2.24) is 9.97 Å². The summed E-state index contributed by atoms with van der Waals surface area (Å²) in [6.45, 7) is 4.48. The number of aromatic nitrogens is 2. The molecule has 1 aromatic rings. The van der Waals surface area contributed by atoms with Crippen LogP contribution in [0.25, 0.3) is 0 Å². The number of rotatable bonds is 5. The minimum atomic E-state index is -0.0469. The molecule has 1 atom stereocenters. The van der Waals surface area contributed by atoms with Gasteiger partial charge in [0.25, 0.3) is 0 Å². The number of hydrogen-bond donors (Lipinski definition) is 2. The van der Waals surface area contributed by atoms with Gasteiger partial charge < -0.3 is 10.3 Å². The lowest BCUT2D eigenvalue weighted by molar-refractivity contribution is 0.707. The SMILES string of the molecule is CCc1nc(NN)cc(N(C)CC(C)C#N)n1. The quantitative estimate of drug-likeness (QED) is 0.581. The van der Waals surface area contributed by atoms with E-state index < -0.39 is 0 Å². The van der Waals surface area contributed by atoms with Gasteiger partial charge in [-0.2, -0.15) is 5.26 Å². The first-order valence-corrected chi connectivity index (χ1v) is 5.56. The van der Waals surface area contributed by atoms with E-state index in [1.807, 2.05) is 25.8 Å². The molecule has 0 radical (unpaired) electrons. The second-order valence-electron chi connectivity index (χ2n) is 3.94. The van der Waals surface area contributed by atoms with E-state index in [1.165, 1.54) is 0 Å². The van der Waals surface area contributed by atoms with Crippen molar-refractivity contribution >= 4 is 11.6 Å². The van der Waals surface area contributed by atoms with Crippen molar-refractivity contribution in [3.8, 4) is 6.07 Å². The molecule has 0 saturated carbocycles. The smallest absolute Gasteiger partial charge is 0.145 e. The van der Waals surface area contributed by atoms with E-state index in [1.54, 1.807) is 6.07 Å². The zero-order valence-corrected chi connectivity index (χ0v) is 10.4. The molecule has 17 heavy (non-hydrogen) atoms. The number of hydrogen-bond acceptors (Lipinski definition) is 6. The van der Waals surface area contributed by atoms with Crippen LogP contribution in [-0.2, 0) is 6.42 Å². The average molecular weight is 234 g/mol. The van der Waals surface area contributed by atoms with E-state index in [2.05, 4.69) is 21.5 Å². The first-order valence-electron chi connectivity index (χ1n) is 5.56. The van der Waals surface area contributed by atoms with Crippen molar-refractivity contribution in [2.45, 2.75) is 20.3 Å². The van der Waals surface area contributed by atoms with Gasteiger partial charge in [0.15, 0.2) is 0 Å². The third-order valence-corrected chi connectivity index (χ3v) is 2.38. The van der Waals surface area contributed by atoms with Gasteiger partial charge in [-0.15, -0.1) is 0 Å². The molecular formula is C11H18N6. The van der Waals surface area contributed by atoms with Crippen molar-refractivity contribution in [2.75, 3.05) is 23.9 Å². The molecular weight excluding hydrogens is 216 g/mol. The van der Waals surface area contributed by atoms with Crippen LogP contribution < -0.4 is 16.2 Å². The molecule has 0 aromatic carbocycles. The Morgan fingerprint density at radius 2 is 2.29 bits per heavy atom. The minimum Gasteiger partial charge on any atom is -0.358 e. The van der Waals surface area contributed by atoms with E-state index in [-0.39, 0.29) is 5.92 Å². The third-order valence-electron chi connectivity index (χ3n) is 2.38. The van der Waals surface area contributed by atoms with Crippen LogP contribution in [0.15, 0.2) is 6.07 Å². The molecule has 0 saturated heterocycles. The molecule has 92 valence electrons. The molecule has 1 rings (SSSR count). The summed E-state index contributed by atoms with van der Waals surface area (Å²) in [6, 6.07) is 3.96. The van der Waals surface area contributed by atoms with Crippen molar-refractivity contribution in [3.63, 3.8) is 0 Å². The summed E-state index contributed by atoms with van der Waals surface area (Å²) in [4.78, 5) is 10.5. The highest BCUT2D eigenvalue weighted by Gasteiger charge is 2.10. The number of aryl methyl sites for hydroxylation is 1. The molecule has 0 aliphatic carbocycles. The largest absolute Gasteiger partial charge is 0.358 e. The van der Waals surface area contributed by atoms with Gasteiger partial charge >= 0.3 is 0 Å². The zero-order valence-electron chi connectivity index (χ0n) is 10.4. The van der Waals surface area contributed by atoms with Crippen LogP contribution >= 0.6 is 0 Å². The minimum absolute atomic E-state index is 0.0469. The fourth-order valence-electron chi connectivity index (χ4n) is 1.46. The van der Waals surface area contributed by atoms with Crippen molar-refractivity contribution in [2.24, 2.45) is 11.8 Å². The van der Waals surface area contributed by atoms with E-state index in [0.717, 1.165) is 18.1 Å². The summed E-state index contributed by atoms with van der Waals surface area (Å²) in [5.74, 6) is 7.40. The van der Waals surface area contributed by atoms with Gasteiger partial charge in [-0.1, -0.05) is 6.92 Å². The number of hydrazine groups is 1. The van der Waals surface area contributed by atoms with Crippen molar-refractivity contribution in [3.05, 3.63) is 11.9 Å². The highest BCUT2D eigenvalue weighted by Crippen LogP contribution is 2.15. The summed E-state index contributed by atoms with van der Waals surface area (Å²) in [7, 11) is 1.90. The molecule has 1 heterocycles. The average Bonchev–Trinajstić information content (AvgIpc) is 2.37. The van der Waals surface area contributed by atoms with Crippen LogP contribution in [0.2, 0.25) is 0 Å². The standard InChI is InChI=1S/C11H18N6/c1-4-9-14-10(16-13)5-11(15-9)17(3)7-8(2)6-12/h5,8H,4,7,13H2,1-3H3,(H,14,15,16). The Labute approximate surface area is 101 Å². The normalized spacial score (nSPS) is 11.7. The van der Waals surface area contributed by atoms with Crippen molar-refractivity contribution < 1.29 is 0 Å². The van der Waals surface area contributed by atoms with Crippen LogP contribution in [0.3, 0.4) is 0 Å². The highest BCUT2D eigenvalue weighted by molar-refractivity contribution is 5.48. The number of nitrogens with one attached hydrogen (secondary N) is 1. The second kappa shape index (κ2) is 6.01. The first kappa shape index (κ1) is 13.2. The molecule has 0 fully saturated rings. The highest BCUT2D eigenvalue weighted by atomic mass is 15.3. The fraction of sp³-hybridized carbons (Fsp3) is 0.545. The fourth-order valence-corrected chi connectivity index (χ4v) is 1.46. The Morgan fingerprint density at radius 3 is 2.82 bits per heavy atom. The predicted molar refractivity (Wildman–Crippen MR) is 67.3 cm³/mol. The maximum absolute atomic E-state index is 8.79. The Bertz CT molecular complexity index is 389. The van der Waals surface area contributed by atoms with Crippen molar-refractivity contribution in [1.29, 1.82) is 5.26 Å². The van der Waals surface area contributed by atoms with E-state index >= 15 is 0 Å². The Hall–Kier alpha value is -1.87. The lowest BCUT2D eigenvalue weighted by Crippen LogP contribution is -2.25. The Balaban J connectivity index is 2.92. The summed E-state index contributed by atoms with van der Waals surface area (Å²) >= 11 is 0. The lowest BCUT2D eigenvalue weighted by Gasteiger charge is -2.20. The number of nitrogens with two attached hydrogens (primary N) is 1. The molecule has 1 unspecified atom stereocenters. The number of nitrogen functional groups attached to an aromatic ring is 1. The van der Waals surface area contributed by atoms with E-state index in [9.17, 15) is 0 Å². The Kier molecular flexibility index (Phi) is 4.67. The topological polar surface area (TPSA) is 90.9 Å². The molecule has 3 N–H and O–H groups in total. The molecule has 1 aromatic heterocycles. The van der Waals surface area contributed by atoms with Gasteiger partial charge in [0.2, 0.25) is 0 Å². The lowest BCUT2D eigenvalue weighted by atomic mass is 10.2.